The Hall–Kier alpha value is -2.40. The van der Waals surface area contributed by atoms with Crippen LogP contribution in [-0.4, -0.2) is 37.0 Å². The van der Waals surface area contributed by atoms with Crippen LogP contribution in [-0.2, 0) is 29.5 Å². The van der Waals surface area contributed by atoms with Gasteiger partial charge in [-0.25, -0.2) is 13.4 Å². The van der Waals surface area contributed by atoms with Gasteiger partial charge in [-0.15, -0.1) is 24.0 Å². The molecule has 3 aromatic rings. The van der Waals surface area contributed by atoms with Gasteiger partial charge in [0.1, 0.15) is 0 Å². The van der Waals surface area contributed by atoms with Crippen molar-refractivity contribution in [1.82, 2.24) is 20.4 Å². The van der Waals surface area contributed by atoms with Gasteiger partial charge in [-0.3, -0.25) is 4.68 Å². The molecule has 0 fully saturated rings. The van der Waals surface area contributed by atoms with E-state index in [1.807, 2.05) is 61.3 Å². The van der Waals surface area contributed by atoms with Crippen molar-refractivity contribution in [2.24, 2.45) is 4.99 Å². The number of aliphatic imine (C=N–C) groups is 1. The number of aromatic nitrogens is 2. The van der Waals surface area contributed by atoms with E-state index in [0.29, 0.717) is 23.9 Å². The van der Waals surface area contributed by atoms with Crippen LogP contribution in [0, 0.1) is 6.92 Å². The predicted octanol–water partition coefficient (Wildman–Crippen LogP) is 3.52. The predicted molar refractivity (Wildman–Crippen MR) is 139 cm³/mol. The lowest BCUT2D eigenvalue weighted by atomic mass is 10.1. The third-order valence-corrected chi connectivity index (χ3v) is 5.99. The number of benzene rings is 2. The lowest BCUT2D eigenvalue weighted by molar-refractivity contribution is 0.601. The molecule has 32 heavy (non-hydrogen) atoms. The average molecular weight is 567 g/mol. The minimum absolute atomic E-state index is 0. The number of rotatable bonds is 8. The minimum atomic E-state index is -3.21. The average Bonchev–Trinajstić information content (AvgIpc) is 3.17. The zero-order chi connectivity index (χ0) is 22.3. The highest BCUT2D eigenvalue weighted by Gasteiger charge is 2.11. The Kier molecular flexibility index (Phi) is 9.70. The highest BCUT2D eigenvalue weighted by Crippen LogP contribution is 2.16. The minimum Gasteiger partial charge on any atom is -0.357 e. The van der Waals surface area contributed by atoms with E-state index in [1.165, 1.54) is 11.8 Å². The van der Waals surface area contributed by atoms with Gasteiger partial charge in [0.15, 0.2) is 15.8 Å². The summed E-state index contributed by atoms with van der Waals surface area (Å²) < 4.78 is 25.5. The smallest absolute Gasteiger partial charge is 0.191 e. The Morgan fingerprint density at radius 3 is 2.47 bits per heavy atom. The van der Waals surface area contributed by atoms with E-state index in [4.69, 9.17) is 0 Å². The van der Waals surface area contributed by atoms with E-state index < -0.39 is 9.84 Å². The summed E-state index contributed by atoms with van der Waals surface area (Å²) >= 11 is 0. The molecule has 0 aliphatic carbocycles. The van der Waals surface area contributed by atoms with Crippen LogP contribution >= 0.6 is 24.0 Å². The summed E-state index contributed by atoms with van der Waals surface area (Å²) in [5.41, 5.74) is 3.97. The van der Waals surface area contributed by atoms with Crippen molar-refractivity contribution in [2.45, 2.75) is 38.4 Å². The first kappa shape index (κ1) is 25.9. The van der Waals surface area contributed by atoms with Crippen molar-refractivity contribution < 1.29 is 8.42 Å². The molecule has 0 aliphatic heterocycles. The molecule has 0 saturated heterocycles. The van der Waals surface area contributed by atoms with Gasteiger partial charge in [-0.05, 0) is 36.6 Å². The summed E-state index contributed by atoms with van der Waals surface area (Å²) in [5, 5.41) is 11.0. The standard InChI is InChI=1S/C23H29N5O2S.HI/c1-4-24-23(25-13-20-10-11-22(18(2)12-20)31(3,29)30)26-14-21-15-27-28(17-21)16-19-8-6-5-7-9-19;/h5-12,15,17H,4,13-14,16H2,1-3H3,(H2,24,25,26);1H. The number of halogens is 1. The van der Waals surface area contributed by atoms with Crippen LogP contribution < -0.4 is 10.6 Å². The molecule has 9 heteroatoms. The van der Waals surface area contributed by atoms with Gasteiger partial charge in [0.05, 0.1) is 24.2 Å². The van der Waals surface area contributed by atoms with E-state index in [-0.39, 0.29) is 24.0 Å². The summed E-state index contributed by atoms with van der Waals surface area (Å²) in [7, 11) is -3.21. The zero-order valence-corrected chi connectivity index (χ0v) is 21.7. The lowest BCUT2D eigenvalue weighted by Gasteiger charge is -2.12. The van der Waals surface area contributed by atoms with Gasteiger partial charge < -0.3 is 10.6 Å². The maximum Gasteiger partial charge on any atom is 0.191 e. The van der Waals surface area contributed by atoms with Crippen molar-refractivity contribution in [3.8, 4) is 0 Å². The van der Waals surface area contributed by atoms with Crippen LogP contribution in [0.15, 0.2) is 70.8 Å². The molecule has 3 rings (SSSR count). The third kappa shape index (κ3) is 7.63. The molecule has 0 bridgehead atoms. The normalized spacial score (nSPS) is 11.7. The summed E-state index contributed by atoms with van der Waals surface area (Å²) in [4.78, 5) is 5.01. The molecule has 1 aromatic heterocycles. The van der Waals surface area contributed by atoms with E-state index in [9.17, 15) is 8.42 Å². The van der Waals surface area contributed by atoms with Gasteiger partial charge in [-0.1, -0.05) is 42.5 Å². The molecule has 0 saturated carbocycles. The number of hydrogen-bond acceptors (Lipinski definition) is 4. The first-order chi connectivity index (χ1) is 14.8. The molecule has 2 aromatic carbocycles. The Balaban J connectivity index is 0.00000363. The number of nitrogens with one attached hydrogen (secondary N) is 2. The van der Waals surface area contributed by atoms with Gasteiger partial charge in [0, 0.05) is 31.1 Å². The van der Waals surface area contributed by atoms with Crippen molar-refractivity contribution in [3.05, 3.63) is 83.2 Å². The van der Waals surface area contributed by atoms with Crippen LogP contribution in [0.25, 0.3) is 0 Å². The van der Waals surface area contributed by atoms with Crippen LogP contribution in [0.3, 0.4) is 0 Å². The van der Waals surface area contributed by atoms with Crippen LogP contribution in [0.1, 0.15) is 29.2 Å². The van der Waals surface area contributed by atoms with E-state index in [2.05, 4.69) is 32.9 Å². The summed E-state index contributed by atoms with van der Waals surface area (Å²) in [6.45, 7) is 6.35. The third-order valence-electron chi connectivity index (χ3n) is 4.74. The van der Waals surface area contributed by atoms with Crippen LogP contribution in [0.2, 0.25) is 0 Å². The van der Waals surface area contributed by atoms with Gasteiger partial charge in [0.25, 0.3) is 0 Å². The monoisotopic (exact) mass is 567 g/mol. The SMILES string of the molecule is CCNC(=NCc1cnn(Cc2ccccc2)c1)NCc1ccc(S(C)(=O)=O)c(C)c1.I. The quantitative estimate of drug-likeness (QED) is 0.247. The molecule has 1 heterocycles. The van der Waals surface area contributed by atoms with Gasteiger partial charge >= 0.3 is 0 Å². The summed E-state index contributed by atoms with van der Waals surface area (Å²) in [5.74, 6) is 0.697. The van der Waals surface area contributed by atoms with Crippen molar-refractivity contribution >= 4 is 39.8 Å². The van der Waals surface area contributed by atoms with E-state index >= 15 is 0 Å². The van der Waals surface area contributed by atoms with Crippen molar-refractivity contribution in [1.29, 1.82) is 0 Å². The number of aryl methyl sites for hydroxylation is 1. The fourth-order valence-electron chi connectivity index (χ4n) is 3.28. The second kappa shape index (κ2) is 12.0. The molecule has 7 nitrogen and oxygen atoms in total. The first-order valence-corrected chi connectivity index (χ1v) is 12.1. The molecule has 2 N–H and O–H groups in total. The Bertz CT molecular complexity index is 1140. The van der Waals surface area contributed by atoms with Crippen molar-refractivity contribution in [3.63, 3.8) is 0 Å². The second-order valence-corrected chi connectivity index (χ2v) is 9.44. The highest BCUT2D eigenvalue weighted by molar-refractivity contribution is 14.0. The largest absolute Gasteiger partial charge is 0.357 e. The van der Waals surface area contributed by atoms with Crippen LogP contribution in [0.5, 0.6) is 0 Å². The fourth-order valence-corrected chi connectivity index (χ4v) is 4.24. The molecule has 0 atom stereocenters. The van der Waals surface area contributed by atoms with E-state index in [1.54, 1.807) is 6.07 Å². The Morgan fingerprint density at radius 1 is 1.06 bits per heavy atom. The van der Waals surface area contributed by atoms with E-state index in [0.717, 1.165) is 29.8 Å². The number of hydrogen-bond donors (Lipinski definition) is 2. The number of nitrogens with zero attached hydrogens (tertiary/aromatic N) is 3. The fraction of sp³-hybridized carbons (Fsp3) is 0.304. The number of guanidine groups is 1. The molecule has 0 spiro atoms. The number of sulfone groups is 1. The first-order valence-electron chi connectivity index (χ1n) is 10.2. The maximum atomic E-state index is 11.8. The topological polar surface area (TPSA) is 88.4 Å². The molecular formula is C23H30IN5O2S. The van der Waals surface area contributed by atoms with Crippen LogP contribution in [0.4, 0.5) is 0 Å². The zero-order valence-electron chi connectivity index (χ0n) is 18.6. The van der Waals surface area contributed by atoms with Gasteiger partial charge in [0.2, 0.25) is 0 Å². The van der Waals surface area contributed by atoms with Gasteiger partial charge in [-0.2, -0.15) is 5.10 Å². The molecule has 0 unspecified atom stereocenters. The molecule has 0 amide bonds. The molecule has 0 aliphatic rings. The second-order valence-electron chi connectivity index (χ2n) is 7.45. The molecule has 0 radical (unpaired) electrons. The summed E-state index contributed by atoms with van der Waals surface area (Å²) in [6.07, 6.45) is 5.07. The molecule has 172 valence electrons. The molecular weight excluding hydrogens is 537 g/mol. The Morgan fingerprint density at radius 2 is 1.81 bits per heavy atom. The lowest BCUT2D eigenvalue weighted by Crippen LogP contribution is -2.36. The highest BCUT2D eigenvalue weighted by atomic mass is 127. The summed E-state index contributed by atoms with van der Waals surface area (Å²) in [6, 6.07) is 15.6. The Labute approximate surface area is 207 Å². The van der Waals surface area contributed by atoms with Crippen molar-refractivity contribution in [2.75, 3.05) is 12.8 Å². The maximum absolute atomic E-state index is 11.8.